The molecule has 0 unspecified atom stereocenters. The zero-order valence-corrected chi connectivity index (χ0v) is 12.8. The highest BCUT2D eigenvalue weighted by molar-refractivity contribution is 9.10. The Labute approximate surface area is 116 Å². The van der Waals surface area contributed by atoms with Crippen LogP contribution in [0.1, 0.15) is 27.7 Å². The van der Waals surface area contributed by atoms with Gasteiger partial charge in [-0.15, -0.1) is 5.10 Å². The molecule has 0 aliphatic heterocycles. The molecule has 18 heavy (non-hydrogen) atoms. The fourth-order valence-corrected chi connectivity index (χ4v) is 1.77. The van der Waals surface area contributed by atoms with Crippen molar-refractivity contribution in [2.75, 3.05) is 11.9 Å². The molecule has 0 aliphatic carbocycles. The van der Waals surface area contributed by atoms with Gasteiger partial charge in [-0.25, -0.2) is 4.52 Å². The molecule has 0 atom stereocenters. The molecule has 0 amide bonds. The van der Waals surface area contributed by atoms with E-state index in [0.717, 1.165) is 16.7 Å². The maximum Gasteiger partial charge on any atom is 0.243 e. The molecule has 1 N–H and O–H groups in total. The summed E-state index contributed by atoms with van der Waals surface area (Å²) < 4.78 is 2.77. The van der Waals surface area contributed by atoms with Crippen LogP contribution in [0.25, 0.3) is 5.65 Å². The number of pyridine rings is 1. The lowest BCUT2D eigenvalue weighted by Gasteiger charge is -2.28. The van der Waals surface area contributed by atoms with Gasteiger partial charge < -0.3 is 5.32 Å². The Balaban J connectivity index is 2.13. The van der Waals surface area contributed by atoms with Crippen LogP contribution < -0.4 is 5.32 Å². The summed E-state index contributed by atoms with van der Waals surface area (Å²) in [6.45, 7) is 9.82. The summed E-state index contributed by atoms with van der Waals surface area (Å²) in [7, 11) is 0. The van der Waals surface area contributed by atoms with Crippen molar-refractivity contribution in [2.45, 2.75) is 27.7 Å². The molecule has 2 aromatic heterocycles. The predicted molar refractivity (Wildman–Crippen MR) is 77.8 cm³/mol. The van der Waals surface area contributed by atoms with Crippen LogP contribution >= 0.6 is 15.9 Å². The Kier molecular flexibility index (Phi) is 3.61. The maximum atomic E-state index is 4.44. The van der Waals surface area contributed by atoms with E-state index in [1.165, 1.54) is 0 Å². The summed E-state index contributed by atoms with van der Waals surface area (Å²) in [5, 5.41) is 7.72. The fourth-order valence-electron chi connectivity index (χ4n) is 1.44. The molecule has 2 rings (SSSR count). The molecule has 2 aromatic rings. The number of aromatic nitrogens is 3. The van der Waals surface area contributed by atoms with Crippen molar-refractivity contribution in [3.63, 3.8) is 0 Å². The van der Waals surface area contributed by atoms with E-state index in [1.807, 2.05) is 18.3 Å². The number of fused-ring (bicyclic) bond motifs is 1. The highest BCUT2D eigenvalue weighted by atomic mass is 79.9. The highest BCUT2D eigenvalue weighted by Gasteiger charge is 2.22. The third-order valence-electron chi connectivity index (χ3n) is 3.56. The van der Waals surface area contributed by atoms with Crippen molar-refractivity contribution in [3.8, 4) is 0 Å². The predicted octanol–water partition coefficient (Wildman–Crippen LogP) is 3.59. The van der Waals surface area contributed by atoms with Gasteiger partial charge in [-0.2, -0.15) is 4.98 Å². The first-order chi connectivity index (χ1) is 8.38. The number of anilines is 1. The molecule has 0 saturated heterocycles. The van der Waals surface area contributed by atoms with E-state index >= 15 is 0 Å². The van der Waals surface area contributed by atoms with Crippen LogP contribution in [-0.2, 0) is 0 Å². The summed E-state index contributed by atoms with van der Waals surface area (Å²) in [6.07, 6.45) is 1.90. The van der Waals surface area contributed by atoms with Gasteiger partial charge in [0.05, 0.1) is 0 Å². The second-order valence-corrected chi connectivity index (χ2v) is 6.50. The number of hydrogen-bond donors (Lipinski definition) is 1. The molecule has 0 aromatic carbocycles. The monoisotopic (exact) mass is 310 g/mol. The maximum absolute atomic E-state index is 4.44. The first-order valence-corrected chi connectivity index (χ1v) is 6.93. The van der Waals surface area contributed by atoms with Gasteiger partial charge in [0.15, 0.2) is 5.65 Å². The Morgan fingerprint density at radius 3 is 2.78 bits per heavy atom. The van der Waals surface area contributed by atoms with Gasteiger partial charge in [-0.1, -0.05) is 27.7 Å². The highest BCUT2D eigenvalue weighted by Crippen LogP contribution is 2.25. The van der Waals surface area contributed by atoms with Gasteiger partial charge >= 0.3 is 0 Å². The minimum atomic E-state index is 0.220. The van der Waals surface area contributed by atoms with Crippen LogP contribution in [0.15, 0.2) is 22.8 Å². The Hall–Kier alpha value is -1.10. The zero-order valence-electron chi connectivity index (χ0n) is 11.2. The second-order valence-electron chi connectivity index (χ2n) is 5.58. The number of nitrogens with one attached hydrogen (secondary N) is 1. The van der Waals surface area contributed by atoms with Crippen LogP contribution in [0.2, 0.25) is 0 Å². The van der Waals surface area contributed by atoms with Crippen LogP contribution in [0, 0.1) is 11.3 Å². The molecule has 0 fully saturated rings. The van der Waals surface area contributed by atoms with E-state index in [0.29, 0.717) is 11.9 Å². The summed E-state index contributed by atoms with van der Waals surface area (Å²) in [6, 6.07) is 3.90. The molecule has 0 radical (unpaired) electrons. The molecule has 0 spiro atoms. The molecule has 0 bridgehead atoms. The topological polar surface area (TPSA) is 42.2 Å². The Bertz CT molecular complexity index is 545. The largest absolute Gasteiger partial charge is 0.352 e. The van der Waals surface area contributed by atoms with Crippen LogP contribution in [0.3, 0.4) is 0 Å². The molecular formula is C13H19BrN4. The van der Waals surface area contributed by atoms with Crippen molar-refractivity contribution < 1.29 is 0 Å². The lowest BCUT2D eigenvalue weighted by Crippen LogP contribution is -2.28. The van der Waals surface area contributed by atoms with E-state index in [1.54, 1.807) is 4.52 Å². The van der Waals surface area contributed by atoms with Gasteiger partial charge in [-0.3, -0.25) is 0 Å². The minimum Gasteiger partial charge on any atom is -0.352 e. The Morgan fingerprint density at radius 1 is 1.39 bits per heavy atom. The van der Waals surface area contributed by atoms with E-state index < -0.39 is 0 Å². The van der Waals surface area contributed by atoms with Crippen molar-refractivity contribution in [2.24, 2.45) is 11.3 Å². The molecule has 4 nitrogen and oxygen atoms in total. The first kappa shape index (κ1) is 13.3. The average molecular weight is 311 g/mol. The Morgan fingerprint density at radius 2 is 2.11 bits per heavy atom. The fraction of sp³-hybridized carbons (Fsp3) is 0.538. The second kappa shape index (κ2) is 4.88. The minimum absolute atomic E-state index is 0.220. The molecule has 0 aliphatic rings. The van der Waals surface area contributed by atoms with E-state index in [-0.39, 0.29) is 5.41 Å². The third kappa shape index (κ3) is 2.83. The van der Waals surface area contributed by atoms with Crippen molar-refractivity contribution in [1.82, 2.24) is 14.6 Å². The molecule has 98 valence electrons. The number of hydrogen-bond acceptors (Lipinski definition) is 3. The van der Waals surface area contributed by atoms with E-state index in [4.69, 9.17) is 0 Å². The van der Waals surface area contributed by atoms with Gasteiger partial charge in [0.25, 0.3) is 0 Å². The summed E-state index contributed by atoms with van der Waals surface area (Å²) in [4.78, 5) is 4.44. The van der Waals surface area contributed by atoms with Gasteiger partial charge in [0.2, 0.25) is 5.95 Å². The van der Waals surface area contributed by atoms with E-state index in [9.17, 15) is 0 Å². The average Bonchev–Trinajstić information content (AvgIpc) is 2.68. The third-order valence-corrected chi connectivity index (χ3v) is 4.03. The zero-order chi connectivity index (χ0) is 13.3. The number of rotatable bonds is 4. The molecule has 5 heteroatoms. The molecule has 0 saturated carbocycles. The summed E-state index contributed by atoms with van der Waals surface area (Å²) in [5.74, 6) is 1.29. The van der Waals surface area contributed by atoms with Crippen LogP contribution in [0.5, 0.6) is 0 Å². The van der Waals surface area contributed by atoms with Crippen molar-refractivity contribution in [1.29, 1.82) is 0 Å². The number of nitrogens with zero attached hydrogens (tertiary/aromatic N) is 3. The summed E-state index contributed by atoms with van der Waals surface area (Å²) >= 11 is 3.42. The SMILES string of the molecule is CC(C)C(C)(C)CNc1nc2ccc(Br)cn2n1. The van der Waals surface area contributed by atoms with Crippen LogP contribution in [-0.4, -0.2) is 21.1 Å². The van der Waals surface area contributed by atoms with Crippen LogP contribution in [0.4, 0.5) is 5.95 Å². The first-order valence-electron chi connectivity index (χ1n) is 6.14. The lowest BCUT2D eigenvalue weighted by atomic mass is 9.81. The molecule has 2 heterocycles. The van der Waals surface area contributed by atoms with Gasteiger partial charge in [0, 0.05) is 17.2 Å². The normalized spacial score (nSPS) is 12.3. The summed E-state index contributed by atoms with van der Waals surface area (Å²) in [5.41, 5.74) is 1.07. The number of halogens is 1. The quantitative estimate of drug-likeness (QED) is 0.938. The smallest absolute Gasteiger partial charge is 0.243 e. The van der Waals surface area contributed by atoms with Gasteiger partial charge in [0.1, 0.15) is 0 Å². The lowest BCUT2D eigenvalue weighted by molar-refractivity contribution is 0.269. The van der Waals surface area contributed by atoms with Crippen molar-refractivity contribution >= 4 is 27.5 Å². The van der Waals surface area contributed by atoms with E-state index in [2.05, 4.69) is 59.0 Å². The van der Waals surface area contributed by atoms with Gasteiger partial charge in [-0.05, 0) is 39.4 Å². The van der Waals surface area contributed by atoms with Crippen molar-refractivity contribution in [3.05, 3.63) is 22.8 Å². The molecular weight excluding hydrogens is 292 g/mol. The standard InChI is InChI=1S/C13H19BrN4/c1-9(2)13(3,4)8-15-12-16-11-6-5-10(14)7-18(11)17-12/h5-7,9H,8H2,1-4H3,(H,15,17).